The van der Waals surface area contributed by atoms with Crippen molar-refractivity contribution in [3.05, 3.63) is 35.4 Å². The molecule has 3 heteroatoms. The molecule has 0 fully saturated rings. The highest BCUT2D eigenvalue weighted by Crippen LogP contribution is 2.14. The number of rotatable bonds is 9. The third-order valence-electron chi connectivity index (χ3n) is 3.42. The summed E-state index contributed by atoms with van der Waals surface area (Å²) in [7, 11) is 0. The van der Waals surface area contributed by atoms with E-state index in [4.69, 9.17) is 5.73 Å². The average Bonchev–Trinajstić information content (AvgIpc) is 2.38. The molecule has 0 aromatic heterocycles. The van der Waals surface area contributed by atoms with E-state index in [-0.39, 0.29) is 11.9 Å². The highest BCUT2D eigenvalue weighted by Gasteiger charge is 2.09. The topological polar surface area (TPSA) is 26.0 Å². The lowest BCUT2D eigenvalue weighted by molar-refractivity contribution is 0.517. The maximum atomic E-state index is 13.4. The van der Waals surface area contributed by atoms with Crippen molar-refractivity contribution >= 4 is 0 Å². The van der Waals surface area contributed by atoms with Gasteiger partial charge in [0.05, 0.1) is 0 Å². The fourth-order valence-electron chi connectivity index (χ4n) is 2.27. The van der Waals surface area contributed by atoms with Crippen molar-refractivity contribution in [3.8, 4) is 0 Å². The third kappa shape index (κ3) is 6.67. The van der Waals surface area contributed by atoms with Gasteiger partial charge in [-0.05, 0) is 36.6 Å². The van der Waals surface area contributed by atoms with Crippen molar-refractivity contribution < 1.29 is 8.78 Å². The molecule has 1 aromatic rings. The third-order valence-corrected chi connectivity index (χ3v) is 3.42. The second-order valence-corrected chi connectivity index (χ2v) is 5.26. The Labute approximate surface area is 115 Å². The summed E-state index contributed by atoms with van der Waals surface area (Å²) < 4.78 is 26.5. The van der Waals surface area contributed by atoms with Crippen molar-refractivity contribution in [2.75, 3.05) is 0 Å². The SMILES string of the molecule is CCCCCCCCC(N)Cc1cc(F)ccc1F. The first kappa shape index (κ1) is 16.1. The van der Waals surface area contributed by atoms with E-state index in [1.807, 2.05) is 0 Å². The highest BCUT2D eigenvalue weighted by atomic mass is 19.1. The van der Waals surface area contributed by atoms with Gasteiger partial charge in [-0.15, -0.1) is 0 Å². The minimum Gasteiger partial charge on any atom is -0.327 e. The quantitative estimate of drug-likeness (QED) is 0.652. The van der Waals surface area contributed by atoms with Gasteiger partial charge in [-0.3, -0.25) is 0 Å². The van der Waals surface area contributed by atoms with Crippen LogP contribution in [-0.2, 0) is 6.42 Å². The first-order chi connectivity index (χ1) is 9.13. The molecule has 2 N–H and O–H groups in total. The number of nitrogens with two attached hydrogens (primary N) is 1. The molecule has 1 nitrogen and oxygen atoms in total. The highest BCUT2D eigenvalue weighted by molar-refractivity contribution is 5.19. The predicted molar refractivity (Wildman–Crippen MR) is 76.0 cm³/mol. The van der Waals surface area contributed by atoms with Gasteiger partial charge in [0.25, 0.3) is 0 Å². The zero-order valence-electron chi connectivity index (χ0n) is 11.8. The van der Waals surface area contributed by atoms with Gasteiger partial charge in [0.1, 0.15) is 11.6 Å². The fraction of sp³-hybridized carbons (Fsp3) is 0.625. The van der Waals surface area contributed by atoms with Crippen LogP contribution in [0.25, 0.3) is 0 Å². The summed E-state index contributed by atoms with van der Waals surface area (Å²) in [6.45, 7) is 2.20. The van der Waals surface area contributed by atoms with E-state index >= 15 is 0 Å². The van der Waals surface area contributed by atoms with Crippen LogP contribution in [0.2, 0.25) is 0 Å². The van der Waals surface area contributed by atoms with Gasteiger partial charge >= 0.3 is 0 Å². The summed E-state index contributed by atoms with van der Waals surface area (Å²) in [5.74, 6) is -0.761. The van der Waals surface area contributed by atoms with Crippen LogP contribution in [0, 0.1) is 11.6 Å². The molecule has 0 aliphatic carbocycles. The standard InChI is InChI=1S/C16H25F2N/c1-2-3-4-5-6-7-8-15(19)12-13-11-14(17)9-10-16(13)18/h9-11,15H,2-8,12,19H2,1H3. The van der Waals surface area contributed by atoms with Crippen LogP contribution in [0.5, 0.6) is 0 Å². The second kappa shape index (κ2) is 9.03. The van der Waals surface area contributed by atoms with Crippen LogP contribution in [0.15, 0.2) is 18.2 Å². The maximum absolute atomic E-state index is 13.4. The smallest absolute Gasteiger partial charge is 0.126 e. The van der Waals surface area contributed by atoms with Gasteiger partial charge in [0.2, 0.25) is 0 Å². The lowest BCUT2D eigenvalue weighted by Gasteiger charge is -2.12. The van der Waals surface area contributed by atoms with Gasteiger partial charge in [-0.25, -0.2) is 8.78 Å². The van der Waals surface area contributed by atoms with E-state index in [0.29, 0.717) is 12.0 Å². The van der Waals surface area contributed by atoms with E-state index in [2.05, 4.69) is 6.92 Å². The van der Waals surface area contributed by atoms with Gasteiger partial charge in [0.15, 0.2) is 0 Å². The first-order valence-electron chi connectivity index (χ1n) is 7.33. The van der Waals surface area contributed by atoms with E-state index in [9.17, 15) is 8.78 Å². The molecule has 108 valence electrons. The van der Waals surface area contributed by atoms with Crippen molar-refractivity contribution in [1.29, 1.82) is 0 Å². The van der Waals surface area contributed by atoms with E-state index in [1.54, 1.807) is 0 Å². The summed E-state index contributed by atoms with van der Waals surface area (Å²) in [4.78, 5) is 0. The van der Waals surface area contributed by atoms with Gasteiger partial charge in [0, 0.05) is 6.04 Å². The van der Waals surface area contributed by atoms with Gasteiger partial charge in [-0.1, -0.05) is 45.4 Å². The molecule has 1 rings (SSSR count). The van der Waals surface area contributed by atoms with Gasteiger partial charge < -0.3 is 5.73 Å². The lowest BCUT2D eigenvalue weighted by Crippen LogP contribution is -2.23. The number of benzene rings is 1. The van der Waals surface area contributed by atoms with Crippen LogP contribution in [-0.4, -0.2) is 6.04 Å². The molecule has 1 atom stereocenters. The Morgan fingerprint density at radius 3 is 2.47 bits per heavy atom. The van der Waals surface area contributed by atoms with Crippen LogP contribution in [0.4, 0.5) is 8.78 Å². The Bertz CT molecular complexity index is 366. The minimum absolute atomic E-state index is 0.0810. The van der Waals surface area contributed by atoms with Crippen molar-refractivity contribution in [1.82, 2.24) is 0 Å². The average molecular weight is 269 g/mol. The monoisotopic (exact) mass is 269 g/mol. The molecule has 0 saturated carbocycles. The summed E-state index contributed by atoms with van der Waals surface area (Å²) in [5.41, 5.74) is 6.36. The molecule has 0 amide bonds. The minimum atomic E-state index is -0.400. The van der Waals surface area contributed by atoms with E-state index < -0.39 is 5.82 Å². The Morgan fingerprint density at radius 2 is 1.74 bits per heavy atom. The Kier molecular flexibility index (Phi) is 7.65. The molecule has 0 bridgehead atoms. The van der Waals surface area contributed by atoms with Gasteiger partial charge in [-0.2, -0.15) is 0 Å². The van der Waals surface area contributed by atoms with Crippen molar-refractivity contribution in [3.63, 3.8) is 0 Å². The van der Waals surface area contributed by atoms with Crippen LogP contribution < -0.4 is 5.73 Å². The zero-order chi connectivity index (χ0) is 14.1. The van der Waals surface area contributed by atoms with E-state index in [1.165, 1.54) is 44.2 Å². The lowest BCUT2D eigenvalue weighted by atomic mass is 10.00. The molecule has 1 aromatic carbocycles. The van der Waals surface area contributed by atoms with Crippen molar-refractivity contribution in [2.24, 2.45) is 5.73 Å². The predicted octanol–water partition coefficient (Wildman–Crippen LogP) is 4.59. The largest absolute Gasteiger partial charge is 0.327 e. The summed E-state index contributed by atoms with van der Waals surface area (Å²) >= 11 is 0. The normalized spacial score (nSPS) is 12.6. The summed E-state index contributed by atoms with van der Waals surface area (Å²) in [5, 5.41) is 0. The Balaban J connectivity index is 2.23. The number of hydrogen-bond acceptors (Lipinski definition) is 1. The molecule has 0 heterocycles. The zero-order valence-corrected chi connectivity index (χ0v) is 11.8. The first-order valence-corrected chi connectivity index (χ1v) is 7.33. The molecule has 0 saturated heterocycles. The number of halogens is 2. The molecule has 1 unspecified atom stereocenters. The second-order valence-electron chi connectivity index (χ2n) is 5.26. The van der Waals surface area contributed by atoms with E-state index in [0.717, 1.165) is 18.9 Å². The molecular weight excluding hydrogens is 244 g/mol. The molecule has 0 spiro atoms. The van der Waals surface area contributed by atoms with Crippen LogP contribution >= 0.6 is 0 Å². The fourth-order valence-corrected chi connectivity index (χ4v) is 2.27. The Morgan fingerprint density at radius 1 is 1.05 bits per heavy atom. The Hall–Kier alpha value is -0.960. The summed E-state index contributed by atoms with van der Waals surface area (Å²) in [6.07, 6.45) is 8.61. The molecule has 0 aliphatic rings. The van der Waals surface area contributed by atoms with Crippen LogP contribution in [0.1, 0.15) is 57.4 Å². The van der Waals surface area contributed by atoms with Crippen molar-refractivity contribution in [2.45, 2.75) is 64.3 Å². The summed E-state index contributed by atoms with van der Waals surface area (Å²) in [6, 6.07) is 3.47. The number of hydrogen-bond donors (Lipinski definition) is 1. The maximum Gasteiger partial charge on any atom is 0.126 e. The van der Waals surface area contributed by atoms with Crippen LogP contribution in [0.3, 0.4) is 0 Å². The molecule has 19 heavy (non-hydrogen) atoms. The number of unbranched alkanes of at least 4 members (excludes halogenated alkanes) is 5. The molecule has 0 aliphatic heterocycles. The molecular formula is C16H25F2N. The molecule has 0 radical (unpaired) electrons.